The minimum atomic E-state index is 0.647. The van der Waals surface area contributed by atoms with E-state index in [9.17, 15) is 0 Å². The van der Waals surface area contributed by atoms with Crippen LogP contribution in [0.1, 0.15) is 62.1 Å². The highest BCUT2D eigenvalue weighted by Crippen LogP contribution is 2.34. The van der Waals surface area contributed by atoms with Crippen LogP contribution >= 0.6 is 0 Å². The predicted molar refractivity (Wildman–Crippen MR) is 92.8 cm³/mol. The number of likely N-dealkylation sites (N-methyl/N-ethyl adjacent to an activating group) is 1. The lowest BCUT2D eigenvalue weighted by molar-refractivity contribution is 0.217. The fraction of sp³-hybridized carbons (Fsp3) is 0.700. The highest BCUT2D eigenvalue weighted by molar-refractivity contribution is 5.29. The smallest absolute Gasteiger partial charge is 0.0133 e. The Balaban J connectivity index is 1.94. The van der Waals surface area contributed by atoms with Gasteiger partial charge in [0.1, 0.15) is 0 Å². The summed E-state index contributed by atoms with van der Waals surface area (Å²) in [6.07, 6.45) is 9.71. The Labute approximate surface area is 131 Å². The second kappa shape index (κ2) is 7.98. The van der Waals surface area contributed by atoms with Crippen molar-refractivity contribution in [3.05, 3.63) is 34.9 Å². The summed E-state index contributed by atoms with van der Waals surface area (Å²) in [6.45, 7) is 6.74. The van der Waals surface area contributed by atoms with Crippen LogP contribution in [0.5, 0.6) is 0 Å². The van der Waals surface area contributed by atoms with Gasteiger partial charge in [-0.2, -0.15) is 0 Å². The molecule has 1 aromatic rings. The van der Waals surface area contributed by atoms with Gasteiger partial charge in [0.15, 0.2) is 0 Å². The Morgan fingerprint density at radius 2 is 1.67 bits per heavy atom. The van der Waals surface area contributed by atoms with Gasteiger partial charge in [0, 0.05) is 6.04 Å². The Morgan fingerprint density at radius 1 is 1.05 bits per heavy atom. The van der Waals surface area contributed by atoms with Crippen LogP contribution in [0.15, 0.2) is 18.2 Å². The molecule has 1 heteroatoms. The first kappa shape index (κ1) is 16.5. The Morgan fingerprint density at radius 3 is 2.19 bits per heavy atom. The molecule has 1 saturated carbocycles. The predicted octanol–water partition coefficient (Wildman–Crippen LogP) is 5.04. The number of hydrogen-bond donors (Lipinski definition) is 1. The first-order chi connectivity index (χ1) is 10.1. The quantitative estimate of drug-likeness (QED) is 0.773. The lowest BCUT2D eigenvalue weighted by Gasteiger charge is -2.34. The number of hydrogen-bond acceptors (Lipinski definition) is 1. The third-order valence-electron chi connectivity index (χ3n) is 5.27. The summed E-state index contributed by atoms with van der Waals surface area (Å²) < 4.78 is 0. The third kappa shape index (κ3) is 4.85. The molecule has 0 aliphatic heterocycles. The fourth-order valence-electron chi connectivity index (χ4n) is 4.23. The van der Waals surface area contributed by atoms with E-state index >= 15 is 0 Å². The summed E-state index contributed by atoms with van der Waals surface area (Å²) in [5, 5.41) is 3.61. The number of nitrogens with one attached hydrogen (secondary N) is 1. The van der Waals surface area contributed by atoms with E-state index in [-0.39, 0.29) is 0 Å². The van der Waals surface area contributed by atoms with E-state index in [4.69, 9.17) is 0 Å². The van der Waals surface area contributed by atoms with Crippen LogP contribution in [0.25, 0.3) is 0 Å². The average molecular weight is 287 g/mol. The van der Waals surface area contributed by atoms with Crippen LogP contribution in [-0.2, 0) is 6.42 Å². The second-order valence-electron chi connectivity index (χ2n) is 7.16. The molecule has 1 unspecified atom stereocenters. The molecule has 1 aliphatic rings. The van der Waals surface area contributed by atoms with Crippen molar-refractivity contribution >= 4 is 0 Å². The molecule has 0 amide bonds. The molecular formula is C20H33N. The lowest BCUT2D eigenvalue weighted by atomic mass is 9.76. The van der Waals surface area contributed by atoms with E-state index in [0.29, 0.717) is 6.04 Å². The number of rotatable bonds is 6. The molecule has 0 radical (unpaired) electrons. The zero-order valence-electron chi connectivity index (χ0n) is 14.4. The molecular weight excluding hydrogens is 254 g/mol. The van der Waals surface area contributed by atoms with Crippen molar-refractivity contribution in [3.63, 3.8) is 0 Å². The summed E-state index contributed by atoms with van der Waals surface area (Å²) in [7, 11) is 2.14. The van der Waals surface area contributed by atoms with Crippen LogP contribution in [0, 0.1) is 25.7 Å². The maximum atomic E-state index is 3.61. The molecule has 1 aliphatic carbocycles. The van der Waals surface area contributed by atoms with E-state index in [1.807, 2.05) is 0 Å². The van der Waals surface area contributed by atoms with E-state index in [1.54, 1.807) is 0 Å². The molecule has 0 bridgehead atoms. The molecule has 1 fully saturated rings. The lowest BCUT2D eigenvalue weighted by Crippen LogP contribution is -2.37. The monoisotopic (exact) mass is 287 g/mol. The van der Waals surface area contributed by atoms with Crippen LogP contribution in [-0.4, -0.2) is 13.1 Å². The van der Waals surface area contributed by atoms with Gasteiger partial charge in [-0.15, -0.1) is 0 Å². The molecule has 2 rings (SSSR count). The highest BCUT2D eigenvalue weighted by Gasteiger charge is 2.26. The number of aryl methyl sites for hydroxylation is 2. The van der Waals surface area contributed by atoms with Crippen molar-refractivity contribution in [1.29, 1.82) is 0 Å². The first-order valence-corrected chi connectivity index (χ1v) is 8.86. The summed E-state index contributed by atoms with van der Waals surface area (Å²) in [4.78, 5) is 0. The van der Waals surface area contributed by atoms with Crippen molar-refractivity contribution < 1.29 is 0 Å². The molecule has 1 N–H and O–H groups in total. The molecule has 0 heterocycles. The SMILES string of the molecule is CCCC1CCC(C(Cc2cc(C)cc(C)c2)NC)CC1. The Hall–Kier alpha value is -0.820. The van der Waals surface area contributed by atoms with Gasteiger partial charge in [-0.05, 0) is 57.6 Å². The van der Waals surface area contributed by atoms with Crippen LogP contribution in [0.3, 0.4) is 0 Å². The molecule has 0 saturated heterocycles. The van der Waals surface area contributed by atoms with Gasteiger partial charge in [0.25, 0.3) is 0 Å². The second-order valence-corrected chi connectivity index (χ2v) is 7.16. The van der Waals surface area contributed by atoms with Crippen molar-refractivity contribution in [3.8, 4) is 0 Å². The molecule has 21 heavy (non-hydrogen) atoms. The summed E-state index contributed by atoms with van der Waals surface area (Å²) >= 11 is 0. The van der Waals surface area contributed by atoms with Crippen LogP contribution in [0.2, 0.25) is 0 Å². The van der Waals surface area contributed by atoms with E-state index < -0.39 is 0 Å². The average Bonchev–Trinajstić information content (AvgIpc) is 2.45. The van der Waals surface area contributed by atoms with E-state index in [1.165, 1.54) is 61.6 Å². The highest BCUT2D eigenvalue weighted by atomic mass is 14.9. The summed E-state index contributed by atoms with van der Waals surface area (Å²) in [6, 6.07) is 7.64. The standard InChI is InChI=1S/C20H33N/c1-5-6-17-7-9-19(10-8-17)20(21-4)14-18-12-15(2)11-16(3)13-18/h11-13,17,19-21H,5-10,14H2,1-4H3. The molecule has 1 aromatic carbocycles. The van der Waals surface area contributed by atoms with Crippen LogP contribution < -0.4 is 5.32 Å². The molecule has 1 atom stereocenters. The third-order valence-corrected chi connectivity index (χ3v) is 5.27. The Kier molecular flexibility index (Phi) is 6.29. The molecule has 1 nitrogen and oxygen atoms in total. The Bertz CT molecular complexity index is 409. The van der Waals surface area contributed by atoms with E-state index in [2.05, 4.69) is 51.3 Å². The zero-order valence-corrected chi connectivity index (χ0v) is 14.4. The molecule has 118 valence electrons. The first-order valence-electron chi connectivity index (χ1n) is 8.86. The summed E-state index contributed by atoms with van der Waals surface area (Å²) in [5.41, 5.74) is 4.29. The van der Waals surface area contributed by atoms with Gasteiger partial charge in [0.05, 0.1) is 0 Å². The van der Waals surface area contributed by atoms with Gasteiger partial charge in [0.2, 0.25) is 0 Å². The zero-order chi connectivity index (χ0) is 15.2. The van der Waals surface area contributed by atoms with Gasteiger partial charge in [-0.25, -0.2) is 0 Å². The van der Waals surface area contributed by atoms with Crippen molar-refractivity contribution in [1.82, 2.24) is 5.32 Å². The van der Waals surface area contributed by atoms with E-state index in [0.717, 1.165) is 11.8 Å². The van der Waals surface area contributed by atoms with Crippen molar-refractivity contribution in [2.75, 3.05) is 7.05 Å². The van der Waals surface area contributed by atoms with Gasteiger partial charge < -0.3 is 5.32 Å². The topological polar surface area (TPSA) is 12.0 Å². The molecule has 0 spiro atoms. The van der Waals surface area contributed by atoms with Gasteiger partial charge >= 0.3 is 0 Å². The van der Waals surface area contributed by atoms with Gasteiger partial charge in [-0.3, -0.25) is 0 Å². The van der Waals surface area contributed by atoms with Gasteiger partial charge in [-0.1, -0.05) is 61.9 Å². The maximum absolute atomic E-state index is 3.61. The minimum absolute atomic E-state index is 0.647. The largest absolute Gasteiger partial charge is 0.316 e. The summed E-state index contributed by atoms with van der Waals surface area (Å²) in [5.74, 6) is 1.87. The van der Waals surface area contributed by atoms with Crippen LogP contribution in [0.4, 0.5) is 0 Å². The number of benzene rings is 1. The fourth-order valence-corrected chi connectivity index (χ4v) is 4.23. The normalized spacial score (nSPS) is 24.0. The molecule has 0 aromatic heterocycles. The van der Waals surface area contributed by atoms with Crippen molar-refractivity contribution in [2.24, 2.45) is 11.8 Å². The minimum Gasteiger partial charge on any atom is -0.316 e. The maximum Gasteiger partial charge on any atom is 0.0133 e. The van der Waals surface area contributed by atoms with Crippen molar-refractivity contribution in [2.45, 2.75) is 71.8 Å².